The van der Waals surface area contributed by atoms with Crippen LogP contribution in [0.2, 0.25) is 0 Å². The number of para-hydroxylation sites is 2. The van der Waals surface area contributed by atoms with Gasteiger partial charge in [-0.15, -0.1) is 0 Å². The average Bonchev–Trinajstić information content (AvgIpc) is 2.69. The molecule has 1 saturated carbocycles. The van der Waals surface area contributed by atoms with Crippen LogP contribution in [0.4, 0.5) is 0 Å². The minimum absolute atomic E-state index is 0.493. The second kappa shape index (κ2) is 8.56. The van der Waals surface area contributed by atoms with Crippen LogP contribution >= 0.6 is 0 Å². The monoisotopic (exact) mass is 352 g/mol. The summed E-state index contributed by atoms with van der Waals surface area (Å²) in [6, 6.07) is 17.6. The molecule has 138 valence electrons. The fourth-order valence-electron chi connectivity index (χ4n) is 3.99. The van der Waals surface area contributed by atoms with Gasteiger partial charge in [-0.1, -0.05) is 49.2 Å². The highest BCUT2D eigenvalue weighted by Gasteiger charge is 2.25. The second-order valence-corrected chi connectivity index (χ2v) is 7.17. The van der Waals surface area contributed by atoms with Crippen LogP contribution in [-0.4, -0.2) is 25.3 Å². The van der Waals surface area contributed by atoms with Gasteiger partial charge < -0.3 is 20.1 Å². The quantitative estimate of drug-likeness (QED) is 0.759. The Labute approximate surface area is 155 Å². The molecule has 0 bridgehead atoms. The molecule has 1 heterocycles. The van der Waals surface area contributed by atoms with Crippen LogP contribution in [0.15, 0.2) is 48.5 Å². The maximum absolute atomic E-state index is 6.00. The van der Waals surface area contributed by atoms with E-state index >= 15 is 0 Å². The Morgan fingerprint density at radius 3 is 1.62 bits per heavy atom. The maximum atomic E-state index is 6.00. The maximum Gasteiger partial charge on any atom is 0.123 e. The van der Waals surface area contributed by atoms with Crippen molar-refractivity contribution in [1.82, 2.24) is 10.6 Å². The fourth-order valence-corrected chi connectivity index (χ4v) is 3.99. The Morgan fingerprint density at radius 2 is 1.12 bits per heavy atom. The number of benzene rings is 2. The standard InChI is InChI=1S/C22H28N2O2/c1-5-11-21-17(7-1)15-23-19-9-3-4-10-20(19)24-16-18-8-2-6-12-22(18)26-14-13-25-21/h1-2,5-8,11-12,19-20,23-24H,3-4,9-10,13-16H2/t19-,20+. The number of rotatable bonds is 0. The topological polar surface area (TPSA) is 42.5 Å². The zero-order valence-electron chi connectivity index (χ0n) is 15.2. The Balaban J connectivity index is 1.56. The molecule has 4 heteroatoms. The van der Waals surface area contributed by atoms with Gasteiger partial charge in [-0.25, -0.2) is 0 Å². The number of fused-ring (bicyclic) bond motifs is 3. The Bertz CT molecular complexity index is 657. The Morgan fingerprint density at radius 1 is 0.654 bits per heavy atom. The van der Waals surface area contributed by atoms with Gasteiger partial charge in [-0.05, 0) is 25.0 Å². The number of nitrogens with one attached hydrogen (secondary N) is 2. The zero-order valence-corrected chi connectivity index (χ0v) is 15.2. The largest absolute Gasteiger partial charge is 0.490 e. The van der Waals surface area contributed by atoms with E-state index in [1.807, 2.05) is 24.3 Å². The van der Waals surface area contributed by atoms with Gasteiger partial charge in [0.2, 0.25) is 0 Å². The van der Waals surface area contributed by atoms with Crippen LogP contribution in [-0.2, 0) is 13.1 Å². The van der Waals surface area contributed by atoms with E-state index in [4.69, 9.17) is 9.47 Å². The van der Waals surface area contributed by atoms with Crippen molar-refractivity contribution in [2.45, 2.75) is 50.9 Å². The van der Waals surface area contributed by atoms with Gasteiger partial charge in [-0.2, -0.15) is 0 Å². The molecule has 0 unspecified atom stereocenters. The first-order chi connectivity index (χ1) is 12.9. The normalized spacial score (nSPS) is 24.0. The van der Waals surface area contributed by atoms with Crippen LogP contribution in [0.25, 0.3) is 0 Å². The molecule has 2 N–H and O–H groups in total. The molecule has 1 aliphatic heterocycles. The summed E-state index contributed by atoms with van der Waals surface area (Å²) in [6.45, 7) is 2.78. The molecule has 4 nitrogen and oxygen atoms in total. The fraction of sp³-hybridized carbons (Fsp3) is 0.455. The van der Waals surface area contributed by atoms with E-state index < -0.39 is 0 Å². The van der Waals surface area contributed by atoms with Gasteiger partial charge in [0, 0.05) is 36.3 Å². The minimum Gasteiger partial charge on any atom is -0.490 e. The summed E-state index contributed by atoms with van der Waals surface area (Å²) in [6.07, 6.45) is 5.04. The lowest BCUT2D eigenvalue weighted by molar-refractivity contribution is 0.211. The third kappa shape index (κ3) is 4.19. The van der Waals surface area contributed by atoms with E-state index in [9.17, 15) is 0 Å². The zero-order chi connectivity index (χ0) is 17.6. The molecule has 2 aliphatic rings. The van der Waals surface area contributed by atoms with Crippen molar-refractivity contribution >= 4 is 0 Å². The summed E-state index contributed by atoms with van der Waals surface area (Å²) >= 11 is 0. The Kier molecular flexibility index (Phi) is 5.72. The van der Waals surface area contributed by atoms with E-state index in [0.29, 0.717) is 25.3 Å². The first-order valence-electron chi connectivity index (χ1n) is 9.78. The number of hydrogen-bond acceptors (Lipinski definition) is 4. The van der Waals surface area contributed by atoms with Gasteiger partial charge in [0.1, 0.15) is 24.7 Å². The molecule has 0 radical (unpaired) electrons. The number of ether oxygens (including phenoxy) is 2. The first-order valence-corrected chi connectivity index (χ1v) is 9.78. The molecule has 0 spiro atoms. The molecule has 2 aromatic carbocycles. The average molecular weight is 352 g/mol. The van der Waals surface area contributed by atoms with E-state index in [0.717, 1.165) is 24.6 Å². The van der Waals surface area contributed by atoms with Crippen LogP contribution in [0, 0.1) is 0 Å². The third-order valence-corrected chi connectivity index (χ3v) is 5.42. The molecule has 26 heavy (non-hydrogen) atoms. The van der Waals surface area contributed by atoms with Crippen LogP contribution in [0.1, 0.15) is 36.8 Å². The van der Waals surface area contributed by atoms with Crippen LogP contribution in [0.5, 0.6) is 11.5 Å². The lowest BCUT2D eigenvalue weighted by Gasteiger charge is -2.33. The Hall–Kier alpha value is -2.04. The van der Waals surface area contributed by atoms with Crippen LogP contribution in [0.3, 0.4) is 0 Å². The van der Waals surface area contributed by atoms with Crippen molar-refractivity contribution in [2.75, 3.05) is 13.2 Å². The van der Waals surface area contributed by atoms with E-state index in [2.05, 4.69) is 34.9 Å². The van der Waals surface area contributed by atoms with Gasteiger partial charge in [0.25, 0.3) is 0 Å². The summed E-state index contributed by atoms with van der Waals surface area (Å²) in [5, 5.41) is 7.56. The first kappa shape index (κ1) is 17.4. The summed E-state index contributed by atoms with van der Waals surface area (Å²) in [7, 11) is 0. The molecular weight excluding hydrogens is 324 g/mol. The molecule has 1 fully saturated rings. The molecule has 2 aromatic rings. The highest BCUT2D eigenvalue weighted by atomic mass is 16.5. The van der Waals surface area contributed by atoms with Crippen molar-refractivity contribution in [1.29, 1.82) is 0 Å². The van der Waals surface area contributed by atoms with Crippen molar-refractivity contribution < 1.29 is 9.47 Å². The number of hydrogen-bond donors (Lipinski definition) is 2. The van der Waals surface area contributed by atoms with Gasteiger partial charge >= 0.3 is 0 Å². The molecule has 0 aromatic heterocycles. The highest BCUT2D eigenvalue weighted by molar-refractivity contribution is 5.34. The van der Waals surface area contributed by atoms with Crippen LogP contribution < -0.4 is 20.1 Å². The molecular formula is C22H28N2O2. The SMILES string of the molecule is c1ccc2c(c1)CN[C@H]1CCCC[C@H]1NCc1ccccc1OCCO2. The van der Waals surface area contributed by atoms with Gasteiger partial charge in [0.05, 0.1) is 0 Å². The second-order valence-electron chi connectivity index (χ2n) is 7.17. The highest BCUT2D eigenvalue weighted by Crippen LogP contribution is 2.24. The summed E-state index contributed by atoms with van der Waals surface area (Å²) in [5.41, 5.74) is 2.43. The smallest absolute Gasteiger partial charge is 0.123 e. The molecule has 1 aliphatic carbocycles. The summed E-state index contributed by atoms with van der Waals surface area (Å²) in [5.74, 6) is 1.91. The van der Waals surface area contributed by atoms with E-state index in [1.165, 1.54) is 36.8 Å². The molecule has 0 amide bonds. The van der Waals surface area contributed by atoms with Gasteiger partial charge in [-0.3, -0.25) is 0 Å². The predicted octanol–water partition coefficient (Wildman–Crippen LogP) is 3.65. The van der Waals surface area contributed by atoms with Crippen molar-refractivity contribution in [3.63, 3.8) is 0 Å². The van der Waals surface area contributed by atoms with E-state index in [1.54, 1.807) is 0 Å². The van der Waals surface area contributed by atoms with Crippen molar-refractivity contribution in [3.05, 3.63) is 59.7 Å². The van der Waals surface area contributed by atoms with Gasteiger partial charge in [0.15, 0.2) is 0 Å². The lowest BCUT2D eigenvalue weighted by Crippen LogP contribution is -2.49. The summed E-state index contributed by atoms with van der Waals surface area (Å²) in [4.78, 5) is 0. The minimum atomic E-state index is 0.493. The van der Waals surface area contributed by atoms with Crippen molar-refractivity contribution in [2.24, 2.45) is 0 Å². The predicted molar refractivity (Wildman–Crippen MR) is 104 cm³/mol. The van der Waals surface area contributed by atoms with E-state index in [-0.39, 0.29) is 0 Å². The molecule has 2 atom stereocenters. The summed E-state index contributed by atoms with van der Waals surface area (Å²) < 4.78 is 12.0. The molecule has 0 saturated heterocycles. The lowest BCUT2D eigenvalue weighted by atomic mass is 9.90. The third-order valence-electron chi connectivity index (χ3n) is 5.42. The van der Waals surface area contributed by atoms with Crippen molar-refractivity contribution in [3.8, 4) is 11.5 Å². The molecule has 4 rings (SSSR count).